The van der Waals surface area contributed by atoms with E-state index in [2.05, 4.69) is 132 Å². The fourth-order valence-electron chi connectivity index (χ4n) is 6.07. The third kappa shape index (κ3) is 4.73. The van der Waals surface area contributed by atoms with Gasteiger partial charge < -0.3 is 4.57 Å². The zero-order valence-electron chi connectivity index (χ0n) is 25.2. The van der Waals surface area contributed by atoms with E-state index in [-0.39, 0.29) is 0 Å². The van der Waals surface area contributed by atoms with Gasteiger partial charge in [-0.25, -0.2) is 0 Å². The summed E-state index contributed by atoms with van der Waals surface area (Å²) in [6.07, 6.45) is 1.13. The molecule has 0 aliphatic heterocycles. The summed E-state index contributed by atoms with van der Waals surface area (Å²) in [4.78, 5) is 0. The summed E-state index contributed by atoms with van der Waals surface area (Å²) in [5, 5.41) is 11.9. The highest BCUT2D eigenvalue weighted by atomic mass is 15.3. The highest BCUT2D eigenvalue weighted by Gasteiger charge is 2.19. The molecule has 0 saturated carbocycles. The van der Waals surface area contributed by atoms with Gasteiger partial charge in [0, 0.05) is 33.3 Å². The minimum absolute atomic E-state index is 0.473. The molecule has 0 bridgehead atoms. The topological polar surface area (TPSA) is 35.6 Å². The Kier molecular flexibility index (Phi) is 6.90. The smallest absolute Gasteiger partial charge is 0.168 e. The van der Waals surface area contributed by atoms with Gasteiger partial charge in [0.05, 0.1) is 11.0 Å². The van der Waals surface area contributed by atoms with Crippen LogP contribution in [-0.2, 0) is 0 Å². The van der Waals surface area contributed by atoms with Crippen molar-refractivity contribution in [3.8, 4) is 34.2 Å². The fraction of sp³-hybridized carbons (Fsp3) is 0.179. The van der Waals surface area contributed by atoms with Crippen molar-refractivity contribution in [2.75, 3.05) is 0 Å². The van der Waals surface area contributed by atoms with Gasteiger partial charge in [0.25, 0.3) is 0 Å². The van der Waals surface area contributed by atoms with E-state index in [1.807, 2.05) is 36.4 Å². The Hall–Kier alpha value is -4.96. The highest BCUT2D eigenvalue weighted by molar-refractivity contribution is 6.09. The van der Waals surface area contributed by atoms with Crippen molar-refractivity contribution < 1.29 is 0 Å². The van der Waals surface area contributed by atoms with E-state index in [9.17, 15) is 0 Å². The summed E-state index contributed by atoms with van der Waals surface area (Å²) < 4.78 is 4.56. The standard InChI is InChI=1S/C39H36N4/c1-5-27(4)31-17-23-37-35(25-31)34-24-30(26(2)3)16-22-36(34)42(37)32-18-20-33(21-19-32)43-38(28-12-8-6-9-13-28)40-41-39(43)29-14-10-7-11-15-29/h6-27H,5H2,1-4H3. The number of rotatable bonds is 7. The van der Waals surface area contributed by atoms with Crippen molar-refractivity contribution in [2.24, 2.45) is 0 Å². The molecule has 0 fully saturated rings. The van der Waals surface area contributed by atoms with E-state index in [1.54, 1.807) is 0 Å². The second-order valence-electron chi connectivity index (χ2n) is 11.8. The lowest BCUT2D eigenvalue weighted by Crippen LogP contribution is -2.01. The normalized spacial score (nSPS) is 12.4. The summed E-state index contributed by atoms with van der Waals surface area (Å²) in [5.74, 6) is 2.64. The molecule has 4 heteroatoms. The van der Waals surface area contributed by atoms with Crippen LogP contribution >= 0.6 is 0 Å². The third-order valence-corrected chi connectivity index (χ3v) is 8.75. The van der Waals surface area contributed by atoms with Crippen LogP contribution in [0, 0.1) is 0 Å². The molecule has 2 heterocycles. The van der Waals surface area contributed by atoms with Crippen LogP contribution in [0.3, 0.4) is 0 Å². The molecule has 0 radical (unpaired) electrons. The molecule has 0 spiro atoms. The molecule has 2 aromatic heterocycles. The molecule has 0 N–H and O–H groups in total. The average molecular weight is 561 g/mol. The Bertz CT molecular complexity index is 1970. The first kappa shape index (κ1) is 26.9. The number of nitrogens with zero attached hydrogens (tertiary/aromatic N) is 4. The Morgan fingerprint density at radius 1 is 0.535 bits per heavy atom. The SMILES string of the molecule is CCC(C)c1ccc2c(c1)c1cc(C(C)C)ccc1n2-c1ccc(-n2c(-c3ccccc3)nnc2-c2ccccc2)cc1. The molecular formula is C39H36N4. The van der Waals surface area contributed by atoms with E-state index in [1.165, 1.54) is 32.9 Å². The Balaban J connectivity index is 1.40. The van der Waals surface area contributed by atoms with Gasteiger partial charge in [0.2, 0.25) is 0 Å². The number of fused-ring (bicyclic) bond motifs is 3. The van der Waals surface area contributed by atoms with Crippen LogP contribution in [0.15, 0.2) is 121 Å². The maximum atomic E-state index is 4.65. The summed E-state index contributed by atoms with van der Waals surface area (Å²) in [6, 6.07) is 43.4. The largest absolute Gasteiger partial charge is 0.309 e. The molecule has 0 saturated heterocycles. The van der Waals surface area contributed by atoms with E-state index >= 15 is 0 Å². The molecule has 7 rings (SSSR count). The van der Waals surface area contributed by atoms with Crippen LogP contribution in [0.25, 0.3) is 56.0 Å². The molecule has 5 aromatic carbocycles. The van der Waals surface area contributed by atoms with Crippen molar-refractivity contribution >= 4 is 21.8 Å². The quantitative estimate of drug-likeness (QED) is 0.194. The summed E-state index contributed by atoms with van der Waals surface area (Å²) >= 11 is 0. The van der Waals surface area contributed by atoms with Crippen LogP contribution in [0.2, 0.25) is 0 Å². The van der Waals surface area contributed by atoms with Crippen molar-refractivity contribution in [1.82, 2.24) is 19.3 Å². The third-order valence-electron chi connectivity index (χ3n) is 8.75. The molecule has 43 heavy (non-hydrogen) atoms. The molecule has 1 unspecified atom stereocenters. The van der Waals surface area contributed by atoms with Crippen molar-refractivity contribution in [2.45, 2.75) is 46.0 Å². The molecule has 4 nitrogen and oxygen atoms in total. The van der Waals surface area contributed by atoms with E-state index in [4.69, 9.17) is 0 Å². The average Bonchev–Trinajstić information content (AvgIpc) is 3.64. The maximum Gasteiger partial charge on any atom is 0.168 e. The first-order valence-corrected chi connectivity index (χ1v) is 15.3. The summed E-state index contributed by atoms with van der Waals surface area (Å²) in [6.45, 7) is 9.11. The lowest BCUT2D eigenvalue weighted by atomic mass is 9.96. The fourth-order valence-corrected chi connectivity index (χ4v) is 6.07. The maximum absolute atomic E-state index is 4.65. The van der Waals surface area contributed by atoms with Crippen LogP contribution in [0.4, 0.5) is 0 Å². The van der Waals surface area contributed by atoms with Crippen LogP contribution < -0.4 is 0 Å². The van der Waals surface area contributed by atoms with E-state index in [0.717, 1.165) is 40.6 Å². The van der Waals surface area contributed by atoms with Crippen LogP contribution in [0.5, 0.6) is 0 Å². The van der Waals surface area contributed by atoms with Gasteiger partial charge >= 0.3 is 0 Å². The van der Waals surface area contributed by atoms with E-state index < -0.39 is 0 Å². The van der Waals surface area contributed by atoms with E-state index in [0.29, 0.717) is 11.8 Å². The number of hydrogen-bond donors (Lipinski definition) is 0. The van der Waals surface area contributed by atoms with Gasteiger partial charge in [-0.2, -0.15) is 0 Å². The zero-order valence-corrected chi connectivity index (χ0v) is 25.2. The van der Waals surface area contributed by atoms with Crippen molar-refractivity contribution in [3.05, 3.63) is 132 Å². The van der Waals surface area contributed by atoms with Gasteiger partial charge in [-0.1, -0.05) is 100 Å². The molecular weight excluding hydrogens is 524 g/mol. The lowest BCUT2D eigenvalue weighted by Gasteiger charge is -2.14. The second kappa shape index (κ2) is 11.0. The van der Waals surface area contributed by atoms with Gasteiger partial charge in [0.15, 0.2) is 11.6 Å². The number of aromatic nitrogens is 4. The molecule has 0 aliphatic rings. The van der Waals surface area contributed by atoms with Crippen molar-refractivity contribution in [3.63, 3.8) is 0 Å². The monoisotopic (exact) mass is 560 g/mol. The molecule has 0 amide bonds. The van der Waals surface area contributed by atoms with Crippen molar-refractivity contribution in [1.29, 1.82) is 0 Å². The second-order valence-corrected chi connectivity index (χ2v) is 11.8. The van der Waals surface area contributed by atoms with Gasteiger partial charge in [-0.05, 0) is 77.9 Å². The summed E-state index contributed by atoms with van der Waals surface area (Å²) in [5.41, 5.74) is 9.44. The van der Waals surface area contributed by atoms with Crippen LogP contribution in [-0.4, -0.2) is 19.3 Å². The molecule has 0 aliphatic carbocycles. The predicted octanol–water partition coefficient (Wildman–Crippen LogP) is 10.3. The first-order chi connectivity index (χ1) is 21.0. The van der Waals surface area contributed by atoms with Gasteiger partial charge in [-0.15, -0.1) is 10.2 Å². The highest BCUT2D eigenvalue weighted by Crippen LogP contribution is 2.37. The molecule has 212 valence electrons. The molecule has 7 aromatic rings. The Morgan fingerprint density at radius 2 is 1.00 bits per heavy atom. The Morgan fingerprint density at radius 3 is 1.49 bits per heavy atom. The zero-order chi connectivity index (χ0) is 29.5. The Labute approximate surface area is 253 Å². The molecule has 1 atom stereocenters. The first-order valence-electron chi connectivity index (χ1n) is 15.3. The predicted molar refractivity (Wildman–Crippen MR) is 179 cm³/mol. The number of hydrogen-bond acceptors (Lipinski definition) is 2. The lowest BCUT2D eigenvalue weighted by molar-refractivity contribution is 0.735. The minimum atomic E-state index is 0.473. The van der Waals surface area contributed by atoms with Gasteiger partial charge in [-0.3, -0.25) is 4.57 Å². The van der Waals surface area contributed by atoms with Gasteiger partial charge in [0.1, 0.15) is 0 Å². The minimum Gasteiger partial charge on any atom is -0.309 e. The van der Waals surface area contributed by atoms with Crippen LogP contribution in [0.1, 0.15) is 57.1 Å². The number of benzene rings is 5. The summed E-state index contributed by atoms with van der Waals surface area (Å²) in [7, 11) is 0.